The summed E-state index contributed by atoms with van der Waals surface area (Å²) in [6.45, 7) is 0. The van der Waals surface area contributed by atoms with Crippen LogP contribution in [0.5, 0.6) is 0 Å². The molecule has 0 saturated carbocycles. The van der Waals surface area contributed by atoms with Gasteiger partial charge < -0.3 is 0 Å². The van der Waals surface area contributed by atoms with Gasteiger partial charge in [0.2, 0.25) is 0 Å². The predicted octanol–water partition coefficient (Wildman–Crippen LogP) is 4.13. The number of hydrogen-bond donors (Lipinski definition) is 0. The lowest BCUT2D eigenvalue weighted by Gasteiger charge is -2.03. The summed E-state index contributed by atoms with van der Waals surface area (Å²) in [7, 11) is 0. The summed E-state index contributed by atoms with van der Waals surface area (Å²) in [5, 5.41) is 14.6. The van der Waals surface area contributed by atoms with Crippen LogP contribution in [0.2, 0.25) is 5.02 Å². The first-order valence-electron chi connectivity index (χ1n) is 7.31. The van der Waals surface area contributed by atoms with Gasteiger partial charge in [-0.2, -0.15) is 9.61 Å². The number of nitrogens with zero attached hydrogens (tertiary/aromatic N) is 5. The number of benzene rings is 1. The fourth-order valence-electron chi connectivity index (χ4n) is 2.26. The van der Waals surface area contributed by atoms with Crippen LogP contribution < -0.4 is 0 Å². The summed E-state index contributed by atoms with van der Waals surface area (Å²) in [4.78, 5) is 4.33. The molecule has 0 N–H and O–H groups in total. The molecule has 7 heteroatoms. The highest BCUT2D eigenvalue weighted by molar-refractivity contribution is 7.98. The van der Waals surface area contributed by atoms with Crippen molar-refractivity contribution in [3.8, 4) is 11.4 Å². The second-order valence-corrected chi connectivity index (χ2v) is 6.51. The number of pyridine rings is 1. The molecule has 0 aliphatic rings. The molecule has 0 fully saturated rings. The van der Waals surface area contributed by atoms with Crippen LogP contribution >= 0.6 is 23.4 Å². The van der Waals surface area contributed by atoms with Gasteiger partial charge in [0.05, 0.1) is 5.69 Å². The molecule has 0 aliphatic carbocycles. The van der Waals surface area contributed by atoms with Gasteiger partial charge in [-0.3, -0.25) is 4.98 Å². The summed E-state index contributed by atoms with van der Waals surface area (Å²) in [6, 6.07) is 17.2. The number of halogens is 1. The van der Waals surface area contributed by atoms with Crippen LogP contribution in [-0.4, -0.2) is 24.8 Å². The van der Waals surface area contributed by atoms with E-state index >= 15 is 0 Å². The van der Waals surface area contributed by atoms with Crippen LogP contribution in [0.1, 0.15) is 5.69 Å². The van der Waals surface area contributed by atoms with Crippen LogP contribution in [0.4, 0.5) is 0 Å². The van der Waals surface area contributed by atoms with Gasteiger partial charge in [0.15, 0.2) is 11.5 Å². The summed E-state index contributed by atoms with van der Waals surface area (Å²) in [6.07, 6.45) is 1.80. The van der Waals surface area contributed by atoms with E-state index in [4.69, 9.17) is 11.6 Å². The van der Waals surface area contributed by atoms with Crippen molar-refractivity contribution in [2.75, 3.05) is 0 Å². The summed E-state index contributed by atoms with van der Waals surface area (Å²) in [5.41, 5.74) is 2.65. The molecule has 4 aromatic rings. The van der Waals surface area contributed by atoms with Gasteiger partial charge >= 0.3 is 0 Å². The third kappa shape index (κ3) is 3.11. The monoisotopic (exact) mass is 353 g/mol. The van der Waals surface area contributed by atoms with Crippen molar-refractivity contribution >= 4 is 29.0 Å². The van der Waals surface area contributed by atoms with Gasteiger partial charge in [-0.15, -0.1) is 10.2 Å². The number of fused-ring (bicyclic) bond motifs is 1. The lowest BCUT2D eigenvalue weighted by Crippen LogP contribution is -1.97. The Labute approximate surface area is 147 Å². The Morgan fingerprint density at radius 3 is 2.62 bits per heavy atom. The SMILES string of the molecule is Clc1ccc(-c2nnc3ccc(SCc4ccccn4)nn23)cc1. The zero-order chi connectivity index (χ0) is 16.4. The van der Waals surface area contributed by atoms with Crippen molar-refractivity contribution in [3.63, 3.8) is 0 Å². The largest absolute Gasteiger partial charge is 0.260 e. The average Bonchev–Trinajstić information content (AvgIpc) is 3.05. The molecule has 24 heavy (non-hydrogen) atoms. The zero-order valence-electron chi connectivity index (χ0n) is 12.5. The molecule has 0 spiro atoms. The Bertz CT molecular complexity index is 969. The van der Waals surface area contributed by atoms with Crippen molar-refractivity contribution in [1.29, 1.82) is 0 Å². The van der Waals surface area contributed by atoms with E-state index in [9.17, 15) is 0 Å². The molecule has 0 aliphatic heterocycles. The smallest absolute Gasteiger partial charge is 0.185 e. The lowest BCUT2D eigenvalue weighted by atomic mass is 10.2. The zero-order valence-corrected chi connectivity index (χ0v) is 14.1. The lowest BCUT2D eigenvalue weighted by molar-refractivity contribution is 0.860. The molecule has 3 aromatic heterocycles. The van der Waals surface area contributed by atoms with E-state index in [1.165, 1.54) is 0 Å². The predicted molar refractivity (Wildman–Crippen MR) is 95.0 cm³/mol. The molecule has 0 atom stereocenters. The molecular formula is C17H12ClN5S. The molecule has 0 saturated heterocycles. The molecule has 0 bridgehead atoms. The van der Waals surface area contributed by atoms with Crippen LogP contribution in [-0.2, 0) is 5.75 Å². The molecule has 3 heterocycles. The fraction of sp³-hybridized carbons (Fsp3) is 0.0588. The average molecular weight is 354 g/mol. The maximum atomic E-state index is 5.95. The number of rotatable bonds is 4. The topological polar surface area (TPSA) is 56.0 Å². The van der Waals surface area contributed by atoms with E-state index in [1.54, 1.807) is 22.5 Å². The quantitative estimate of drug-likeness (QED) is 0.516. The van der Waals surface area contributed by atoms with Gasteiger partial charge in [0.25, 0.3) is 0 Å². The molecule has 5 nitrogen and oxygen atoms in total. The molecule has 0 radical (unpaired) electrons. The Morgan fingerprint density at radius 2 is 1.83 bits per heavy atom. The minimum Gasteiger partial charge on any atom is -0.260 e. The Kier molecular flexibility index (Phi) is 4.15. The Balaban J connectivity index is 1.64. The third-order valence-corrected chi connectivity index (χ3v) is 4.64. The highest BCUT2D eigenvalue weighted by Gasteiger charge is 2.10. The van der Waals surface area contributed by atoms with E-state index in [-0.39, 0.29) is 0 Å². The van der Waals surface area contributed by atoms with E-state index in [2.05, 4.69) is 20.3 Å². The van der Waals surface area contributed by atoms with Gasteiger partial charge in [0.1, 0.15) is 5.03 Å². The second kappa shape index (κ2) is 6.59. The van der Waals surface area contributed by atoms with E-state index in [1.807, 2.05) is 54.6 Å². The number of hydrogen-bond acceptors (Lipinski definition) is 5. The summed E-state index contributed by atoms with van der Waals surface area (Å²) < 4.78 is 1.75. The standard InChI is InChI=1S/C17H12ClN5S/c18-13-6-4-12(5-7-13)17-21-20-15-8-9-16(22-23(15)17)24-11-14-3-1-2-10-19-14/h1-10H,11H2. The maximum Gasteiger partial charge on any atom is 0.185 e. The number of thioether (sulfide) groups is 1. The van der Waals surface area contributed by atoms with Crippen molar-refractivity contribution < 1.29 is 0 Å². The van der Waals surface area contributed by atoms with Gasteiger partial charge in [-0.1, -0.05) is 29.4 Å². The molecule has 4 rings (SSSR count). The molecular weight excluding hydrogens is 342 g/mol. The van der Waals surface area contributed by atoms with Crippen LogP contribution in [0.15, 0.2) is 65.8 Å². The van der Waals surface area contributed by atoms with Crippen molar-refractivity contribution in [2.24, 2.45) is 0 Å². The summed E-state index contributed by atoms with van der Waals surface area (Å²) in [5.74, 6) is 1.46. The minimum absolute atomic E-state index is 0.687. The van der Waals surface area contributed by atoms with E-state index in [0.717, 1.165) is 22.0 Å². The molecule has 0 amide bonds. The highest BCUT2D eigenvalue weighted by Crippen LogP contribution is 2.23. The Morgan fingerprint density at radius 1 is 0.958 bits per heavy atom. The first-order valence-corrected chi connectivity index (χ1v) is 8.67. The first-order chi connectivity index (χ1) is 11.8. The minimum atomic E-state index is 0.687. The number of aromatic nitrogens is 5. The molecule has 118 valence electrons. The summed E-state index contributed by atoms with van der Waals surface area (Å²) >= 11 is 7.58. The van der Waals surface area contributed by atoms with Gasteiger partial charge in [0, 0.05) is 22.5 Å². The highest BCUT2D eigenvalue weighted by atomic mass is 35.5. The van der Waals surface area contributed by atoms with Gasteiger partial charge in [-0.05, 0) is 48.5 Å². The maximum absolute atomic E-state index is 5.95. The third-order valence-electron chi connectivity index (χ3n) is 3.43. The first kappa shape index (κ1) is 15.1. The van der Waals surface area contributed by atoms with Gasteiger partial charge in [-0.25, -0.2) is 0 Å². The Hall–Kier alpha value is -2.44. The second-order valence-electron chi connectivity index (χ2n) is 5.08. The van der Waals surface area contributed by atoms with Crippen molar-refractivity contribution in [1.82, 2.24) is 24.8 Å². The molecule has 0 unspecified atom stereocenters. The van der Waals surface area contributed by atoms with E-state index < -0.39 is 0 Å². The van der Waals surface area contributed by atoms with Crippen molar-refractivity contribution in [2.45, 2.75) is 10.8 Å². The fourth-order valence-corrected chi connectivity index (χ4v) is 3.16. The van der Waals surface area contributed by atoms with Crippen LogP contribution in [0.3, 0.4) is 0 Å². The van der Waals surface area contributed by atoms with E-state index in [0.29, 0.717) is 16.5 Å². The van der Waals surface area contributed by atoms with Crippen LogP contribution in [0, 0.1) is 0 Å². The van der Waals surface area contributed by atoms with Crippen molar-refractivity contribution in [3.05, 3.63) is 71.5 Å². The van der Waals surface area contributed by atoms with Crippen LogP contribution in [0.25, 0.3) is 17.0 Å². The normalized spacial score (nSPS) is 11.0. The molecule has 1 aromatic carbocycles.